The minimum absolute atomic E-state index is 0.154. The zero-order chi connectivity index (χ0) is 16.8. The molecule has 0 unspecified atom stereocenters. The molecule has 0 saturated carbocycles. The van der Waals surface area contributed by atoms with Crippen LogP contribution in [0.1, 0.15) is 48.9 Å². The summed E-state index contributed by atoms with van der Waals surface area (Å²) in [5.41, 5.74) is 4.18. The Morgan fingerprint density at radius 3 is 2.71 bits per heavy atom. The molecule has 1 aromatic heterocycles. The van der Waals surface area contributed by atoms with E-state index in [2.05, 4.69) is 47.3 Å². The van der Waals surface area contributed by atoms with Gasteiger partial charge in [0.25, 0.3) is 0 Å². The van der Waals surface area contributed by atoms with Crippen LogP contribution in [-0.4, -0.2) is 39.5 Å². The van der Waals surface area contributed by atoms with Crippen molar-refractivity contribution < 1.29 is 5.11 Å². The van der Waals surface area contributed by atoms with E-state index in [1.807, 2.05) is 10.9 Å². The zero-order valence-corrected chi connectivity index (χ0v) is 14.7. The molecule has 3 rings (SSSR count). The molecule has 2 heterocycles. The van der Waals surface area contributed by atoms with Crippen molar-refractivity contribution in [3.8, 4) is 0 Å². The van der Waals surface area contributed by atoms with Gasteiger partial charge in [0.1, 0.15) is 0 Å². The van der Waals surface area contributed by atoms with Gasteiger partial charge in [-0.15, -0.1) is 0 Å². The second kappa shape index (κ2) is 8.45. The molecule has 4 heteroatoms. The van der Waals surface area contributed by atoms with Crippen molar-refractivity contribution in [2.75, 3.05) is 19.7 Å². The predicted octanol–water partition coefficient (Wildman–Crippen LogP) is 3.21. The summed E-state index contributed by atoms with van der Waals surface area (Å²) in [5.74, 6) is 0.571. The molecule has 1 fully saturated rings. The van der Waals surface area contributed by atoms with Crippen LogP contribution in [-0.2, 0) is 19.5 Å². The Hall–Kier alpha value is -1.65. The lowest BCUT2D eigenvalue weighted by atomic mass is 9.93. The number of hydrogen-bond acceptors (Lipinski definition) is 3. The SMILES string of the molecule is CCCc1cccc(CN2CCC(c3ccnn3CCO)CC2)c1. The predicted molar refractivity (Wildman–Crippen MR) is 97.0 cm³/mol. The average Bonchev–Trinajstić information content (AvgIpc) is 3.05. The maximum absolute atomic E-state index is 9.16. The number of aryl methyl sites for hydroxylation is 1. The third-order valence-electron chi connectivity index (χ3n) is 5.00. The van der Waals surface area contributed by atoms with E-state index in [1.165, 1.54) is 42.5 Å². The van der Waals surface area contributed by atoms with E-state index >= 15 is 0 Å². The molecule has 0 radical (unpaired) electrons. The molecule has 1 aliphatic heterocycles. The molecule has 130 valence electrons. The second-order valence-electron chi connectivity index (χ2n) is 6.82. The molecular weight excluding hydrogens is 298 g/mol. The van der Waals surface area contributed by atoms with Gasteiger partial charge in [0.15, 0.2) is 0 Å². The van der Waals surface area contributed by atoms with Crippen molar-refractivity contribution >= 4 is 0 Å². The fraction of sp³-hybridized carbons (Fsp3) is 0.550. The van der Waals surface area contributed by atoms with Crippen LogP contribution in [0.3, 0.4) is 0 Å². The van der Waals surface area contributed by atoms with Crippen molar-refractivity contribution in [1.82, 2.24) is 14.7 Å². The molecule has 0 spiro atoms. The van der Waals surface area contributed by atoms with Gasteiger partial charge in [0.2, 0.25) is 0 Å². The number of likely N-dealkylation sites (tertiary alicyclic amines) is 1. The monoisotopic (exact) mass is 327 g/mol. The van der Waals surface area contributed by atoms with Gasteiger partial charge in [0, 0.05) is 24.4 Å². The van der Waals surface area contributed by atoms with E-state index in [4.69, 9.17) is 5.11 Å². The molecule has 0 amide bonds. The lowest BCUT2D eigenvalue weighted by Crippen LogP contribution is -2.33. The van der Waals surface area contributed by atoms with Crippen LogP contribution in [0.2, 0.25) is 0 Å². The molecule has 0 bridgehead atoms. The van der Waals surface area contributed by atoms with Crippen LogP contribution in [0.4, 0.5) is 0 Å². The molecule has 1 N–H and O–H groups in total. The number of aliphatic hydroxyl groups excluding tert-OH is 1. The van der Waals surface area contributed by atoms with Gasteiger partial charge in [-0.05, 0) is 49.5 Å². The minimum Gasteiger partial charge on any atom is -0.394 e. The molecule has 1 aliphatic rings. The van der Waals surface area contributed by atoms with E-state index < -0.39 is 0 Å². The maximum atomic E-state index is 9.16. The molecule has 1 aromatic carbocycles. The van der Waals surface area contributed by atoms with Crippen LogP contribution in [0, 0.1) is 0 Å². The Bertz CT molecular complexity index is 629. The van der Waals surface area contributed by atoms with Crippen LogP contribution < -0.4 is 0 Å². The van der Waals surface area contributed by atoms with E-state index in [1.54, 1.807) is 0 Å². The summed E-state index contributed by atoms with van der Waals surface area (Å²) in [4.78, 5) is 2.56. The highest BCUT2D eigenvalue weighted by atomic mass is 16.3. The first-order valence-electron chi connectivity index (χ1n) is 9.23. The molecule has 1 saturated heterocycles. The Morgan fingerprint density at radius 1 is 1.17 bits per heavy atom. The number of aliphatic hydroxyl groups is 1. The summed E-state index contributed by atoms with van der Waals surface area (Å²) < 4.78 is 1.97. The Labute approximate surface area is 145 Å². The first-order chi connectivity index (χ1) is 11.8. The molecule has 4 nitrogen and oxygen atoms in total. The summed E-state index contributed by atoms with van der Waals surface area (Å²) in [6.07, 6.45) is 6.58. The molecule has 0 aliphatic carbocycles. The standard InChI is InChI=1S/C20H29N3O/c1-2-4-17-5-3-6-18(15-17)16-22-11-8-19(9-12-22)20-7-10-21-23(20)13-14-24/h3,5-7,10,15,19,24H,2,4,8-9,11-14,16H2,1H3. The van der Waals surface area contributed by atoms with Crippen LogP contribution >= 0.6 is 0 Å². The highest BCUT2D eigenvalue weighted by molar-refractivity contribution is 5.23. The Kier molecular flexibility index (Phi) is 6.05. The average molecular weight is 327 g/mol. The summed E-state index contributed by atoms with van der Waals surface area (Å²) in [6.45, 7) is 6.31. The van der Waals surface area contributed by atoms with Crippen molar-refractivity contribution in [3.63, 3.8) is 0 Å². The summed E-state index contributed by atoms with van der Waals surface area (Å²) in [7, 11) is 0. The highest BCUT2D eigenvalue weighted by Crippen LogP contribution is 2.28. The van der Waals surface area contributed by atoms with E-state index in [-0.39, 0.29) is 6.61 Å². The summed E-state index contributed by atoms with van der Waals surface area (Å²) >= 11 is 0. The van der Waals surface area contributed by atoms with Crippen molar-refractivity contribution in [3.05, 3.63) is 53.3 Å². The zero-order valence-electron chi connectivity index (χ0n) is 14.7. The van der Waals surface area contributed by atoms with Crippen LogP contribution in [0.5, 0.6) is 0 Å². The van der Waals surface area contributed by atoms with Gasteiger partial charge in [0.05, 0.1) is 13.2 Å². The van der Waals surface area contributed by atoms with E-state index in [9.17, 15) is 0 Å². The van der Waals surface area contributed by atoms with Gasteiger partial charge >= 0.3 is 0 Å². The fourth-order valence-corrected chi connectivity index (χ4v) is 3.79. The minimum atomic E-state index is 0.154. The highest BCUT2D eigenvalue weighted by Gasteiger charge is 2.23. The Morgan fingerprint density at radius 2 is 1.96 bits per heavy atom. The van der Waals surface area contributed by atoms with Gasteiger partial charge in [-0.2, -0.15) is 5.10 Å². The van der Waals surface area contributed by atoms with Crippen LogP contribution in [0.15, 0.2) is 36.5 Å². The smallest absolute Gasteiger partial charge is 0.0644 e. The number of piperidine rings is 1. The number of aromatic nitrogens is 2. The van der Waals surface area contributed by atoms with Gasteiger partial charge < -0.3 is 5.11 Å². The lowest BCUT2D eigenvalue weighted by molar-refractivity contribution is 0.199. The molecule has 2 aromatic rings. The van der Waals surface area contributed by atoms with Crippen LogP contribution in [0.25, 0.3) is 0 Å². The second-order valence-corrected chi connectivity index (χ2v) is 6.82. The first-order valence-corrected chi connectivity index (χ1v) is 9.23. The van der Waals surface area contributed by atoms with Crippen molar-refractivity contribution in [1.29, 1.82) is 0 Å². The number of nitrogens with zero attached hydrogens (tertiary/aromatic N) is 3. The van der Waals surface area contributed by atoms with Crippen molar-refractivity contribution in [2.45, 2.75) is 51.6 Å². The lowest BCUT2D eigenvalue weighted by Gasteiger charge is -2.32. The fourth-order valence-electron chi connectivity index (χ4n) is 3.79. The quantitative estimate of drug-likeness (QED) is 0.849. The van der Waals surface area contributed by atoms with Gasteiger partial charge in [-0.25, -0.2) is 0 Å². The third-order valence-corrected chi connectivity index (χ3v) is 5.00. The number of rotatable bonds is 7. The normalized spacial score (nSPS) is 16.6. The van der Waals surface area contributed by atoms with Crippen molar-refractivity contribution in [2.24, 2.45) is 0 Å². The first kappa shape index (κ1) is 17.2. The van der Waals surface area contributed by atoms with E-state index in [0.717, 1.165) is 19.6 Å². The summed E-state index contributed by atoms with van der Waals surface area (Å²) in [6, 6.07) is 11.2. The van der Waals surface area contributed by atoms with Gasteiger partial charge in [-0.1, -0.05) is 37.6 Å². The molecular formula is C20H29N3O. The summed E-state index contributed by atoms with van der Waals surface area (Å²) in [5, 5.41) is 13.5. The van der Waals surface area contributed by atoms with E-state index in [0.29, 0.717) is 12.5 Å². The Balaban J connectivity index is 1.55. The van der Waals surface area contributed by atoms with Gasteiger partial charge in [-0.3, -0.25) is 9.58 Å². The number of hydrogen-bond donors (Lipinski definition) is 1. The topological polar surface area (TPSA) is 41.3 Å². The maximum Gasteiger partial charge on any atom is 0.0644 e. The third kappa shape index (κ3) is 4.25. The number of benzene rings is 1. The largest absolute Gasteiger partial charge is 0.394 e. The molecule has 0 atom stereocenters. The molecule has 24 heavy (non-hydrogen) atoms.